The highest BCUT2D eigenvalue weighted by Crippen LogP contribution is 2.45. The van der Waals surface area contributed by atoms with Gasteiger partial charge in [-0.1, -0.05) is 6.07 Å². The third kappa shape index (κ3) is 3.07. The monoisotopic (exact) mass is 386 g/mol. The van der Waals surface area contributed by atoms with Gasteiger partial charge in [0.2, 0.25) is 0 Å². The number of rotatable bonds is 2. The van der Waals surface area contributed by atoms with Crippen LogP contribution in [0.3, 0.4) is 0 Å². The molecule has 1 saturated heterocycles. The van der Waals surface area contributed by atoms with Gasteiger partial charge in [0.25, 0.3) is 5.91 Å². The average Bonchev–Trinajstić information content (AvgIpc) is 3.30. The fourth-order valence-electron chi connectivity index (χ4n) is 3.33. The maximum atomic E-state index is 13.6. The van der Waals surface area contributed by atoms with E-state index in [9.17, 15) is 18.0 Å². The number of carbonyl (C=O) groups excluding carboxylic acids is 1. The van der Waals surface area contributed by atoms with Crippen molar-refractivity contribution in [2.24, 2.45) is 0 Å². The summed E-state index contributed by atoms with van der Waals surface area (Å²) in [6.07, 6.45) is -3.38. The summed E-state index contributed by atoms with van der Waals surface area (Å²) in [7, 11) is 0. The van der Waals surface area contributed by atoms with Crippen molar-refractivity contribution in [1.29, 1.82) is 0 Å². The Hall–Kier alpha value is -2.07. The zero-order valence-electron chi connectivity index (χ0n) is 13.7. The number of ether oxygens (including phenoxy) is 1. The van der Waals surface area contributed by atoms with Crippen LogP contribution in [0.25, 0.3) is 0 Å². The number of fused-ring (bicyclic) bond motifs is 1. The highest BCUT2D eigenvalue weighted by Gasteiger charge is 2.47. The van der Waals surface area contributed by atoms with Crippen LogP contribution < -0.4 is 5.32 Å². The second kappa shape index (κ2) is 6.58. The van der Waals surface area contributed by atoms with Crippen LogP contribution in [0.5, 0.6) is 0 Å². The van der Waals surface area contributed by atoms with E-state index >= 15 is 0 Å². The van der Waals surface area contributed by atoms with E-state index in [2.05, 4.69) is 10.4 Å². The summed E-state index contributed by atoms with van der Waals surface area (Å²) in [6.45, 7) is 1.68. The number of nitrogens with zero attached hydrogens (tertiary/aromatic N) is 3. The minimum absolute atomic E-state index is 0.133. The quantitative estimate of drug-likeness (QED) is 0.862. The zero-order chi connectivity index (χ0) is 18.3. The van der Waals surface area contributed by atoms with E-state index in [4.69, 9.17) is 4.74 Å². The molecule has 1 N–H and O–H groups in total. The van der Waals surface area contributed by atoms with Crippen molar-refractivity contribution in [2.75, 3.05) is 31.6 Å². The number of morpholine rings is 1. The molecule has 0 aromatic carbocycles. The fourth-order valence-corrected chi connectivity index (χ4v) is 4.12. The van der Waals surface area contributed by atoms with Crippen LogP contribution in [0.2, 0.25) is 0 Å². The Morgan fingerprint density at radius 1 is 1.35 bits per heavy atom. The molecule has 1 amide bonds. The van der Waals surface area contributed by atoms with E-state index in [1.54, 1.807) is 17.0 Å². The smallest absolute Gasteiger partial charge is 0.378 e. The standard InChI is InChI=1S/C16H17F3N4O2S/c17-16(18,19)13-8-11(12-2-1-7-26-12)21-14-10(9-20-23(13)14)15(24)22-3-5-25-6-4-22/h1-2,7,9,11,13,21H,3-6,8H2/t11-,13+/m0/s1. The number of carbonyl (C=O) groups is 1. The summed E-state index contributed by atoms with van der Waals surface area (Å²) < 4.78 is 46.9. The Kier molecular flexibility index (Phi) is 4.39. The van der Waals surface area contributed by atoms with E-state index in [0.29, 0.717) is 26.3 Å². The first kappa shape index (κ1) is 17.3. The Morgan fingerprint density at radius 2 is 2.12 bits per heavy atom. The molecule has 26 heavy (non-hydrogen) atoms. The number of halogens is 3. The van der Waals surface area contributed by atoms with E-state index in [0.717, 1.165) is 9.56 Å². The van der Waals surface area contributed by atoms with E-state index in [1.165, 1.54) is 17.5 Å². The number of hydrogen-bond donors (Lipinski definition) is 1. The molecule has 2 aromatic heterocycles. The molecule has 4 rings (SSSR count). The van der Waals surface area contributed by atoms with Gasteiger partial charge in [-0.05, 0) is 11.4 Å². The number of anilines is 1. The van der Waals surface area contributed by atoms with Gasteiger partial charge in [0.1, 0.15) is 11.4 Å². The van der Waals surface area contributed by atoms with Gasteiger partial charge in [-0.3, -0.25) is 4.79 Å². The summed E-state index contributed by atoms with van der Waals surface area (Å²) in [6, 6.07) is 1.32. The van der Waals surface area contributed by atoms with Crippen molar-refractivity contribution in [3.8, 4) is 0 Å². The van der Waals surface area contributed by atoms with E-state index < -0.39 is 18.3 Å². The predicted octanol–water partition coefficient (Wildman–Crippen LogP) is 3.08. The maximum absolute atomic E-state index is 13.6. The van der Waals surface area contributed by atoms with E-state index in [-0.39, 0.29) is 23.7 Å². The van der Waals surface area contributed by atoms with Crippen molar-refractivity contribution in [3.63, 3.8) is 0 Å². The second-order valence-electron chi connectivity index (χ2n) is 6.26. The molecular formula is C16H17F3N4O2S. The molecule has 2 aromatic rings. The first-order chi connectivity index (χ1) is 12.4. The van der Waals surface area contributed by atoms with Gasteiger partial charge in [0.05, 0.1) is 25.5 Å². The van der Waals surface area contributed by atoms with Gasteiger partial charge in [0, 0.05) is 24.4 Å². The number of alkyl halides is 3. The van der Waals surface area contributed by atoms with Crippen LogP contribution in [0.1, 0.15) is 33.7 Å². The number of nitrogens with one attached hydrogen (secondary N) is 1. The second-order valence-corrected chi connectivity index (χ2v) is 7.24. The van der Waals surface area contributed by atoms with Crippen LogP contribution in [-0.4, -0.2) is 53.1 Å². The molecule has 4 heterocycles. The summed E-state index contributed by atoms with van der Waals surface area (Å²) in [5.41, 5.74) is 0.169. The predicted molar refractivity (Wildman–Crippen MR) is 89.3 cm³/mol. The highest BCUT2D eigenvalue weighted by molar-refractivity contribution is 7.10. The van der Waals surface area contributed by atoms with Crippen molar-refractivity contribution >= 4 is 23.1 Å². The van der Waals surface area contributed by atoms with E-state index in [1.807, 2.05) is 5.38 Å². The van der Waals surface area contributed by atoms with Crippen molar-refractivity contribution in [2.45, 2.75) is 24.7 Å². The summed E-state index contributed by atoms with van der Waals surface area (Å²) in [5.74, 6) is -0.191. The van der Waals surface area contributed by atoms with Crippen molar-refractivity contribution in [1.82, 2.24) is 14.7 Å². The lowest BCUT2D eigenvalue weighted by atomic mass is 10.0. The largest absolute Gasteiger partial charge is 0.410 e. The average molecular weight is 386 g/mol. The lowest BCUT2D eigenvalue weighted by molar-refractivity contribution is -0.173. The van der Waals surface area contributed by atoms with Gasteiger partial charge in [0.15, 0.2) is 6.04 Å². The summed E-state index contributed by atoms with van der Waals surface area (Å²) in [4.78, 5) is 15.2. The number of aromatic nitrogens is 2. The molecule has 140 valence electrons. The molecule has 0 aliphatic carbocycles. The van der Waals surface area contributed by atoms with Crippen LogP contribution in [0, 0.1) is 0 Å². The summed E-state index contributed by atoms with van der Waals surface area (Å²) in [5, 5.41) is 8.82. The minimum Gasteiger partial charge on any atom is -0.378 e. The number of hydrogen-bond acceptors (Lipinski definition) is 5. The number of amides is 1. The topological polar surface area (TPSA) is 59.4 Å². The SMILES string of the molecule is O=C(c1cnn2c1N[C@H](c1cccs1)C[C@@H]2C(F)(F)F)N1CCOCC1. The lowest BCUT2D eigenvalue weighted by Gasteiger charge is -2.34. The zero-order valence-corrected chi connectivity index (χ0v) is 14.5. The Bertz CT molecular complexity index is 784. The first-order valence-electron chi connectivity index (χ1n) is 8.26. The summed E-state index contributed by atoms with van der Waals surface area (Å²) >= 11 is 1.39. The Labute approximate surface area is 151 Å². The molecule has 0 unspecified atom stereocenters. The van der Waals surface area contributed by atoms with Gasteiger partial charge in [-0.2, -0.15) is 18.3 Å². The highest BCUT2D eigenvalue weighted by atomic mass is 32.1. The van der Waals surface area contributed by atoms with Gasteiger partial charge in [-0.25, -0.2) is 4.68 Å². The Balaban J connectivity index is 1.70. The number of thiophene rings is 1. The van der Waals surface area contributed by atoms with Crippen LogP contribution in [-0.2, 0) is 4.74 Å². The van der Waals surface area contributed by atoms with Gasteiger partial charge < -0.3 is 15.0 Å². The van der Waals surface area contributed by atoms with Crippen molar-refractivity contribution in [3.05, 3.63) is 34.2 Å². The van der Waals surface area contributed by atoms with Crippen LogP contribution in [0.15, 0.2) is 23.7 Å². The molecule has 2 atom stereocenters. The first-order valence-corrected chi connectivity index (χ1v) is 9.14. The molecule has 0 bridgehead atoms. The molecule has 2 aliphatic rings. The molecule has 6 nitrogen and oxygen atoms in total. The van der Waals surface area contributed by atoms with Gasteiger partial charge in [-0.15, -0.1) is 11.3 Å². The molecular weight excluding hydrogens is 369 g/mol. The molecule has 0 radical (unpaired) electrons. The van der Waals surface area contributed by atoms with Crippen LogP contribution in [0.4, 0.5) is 19.0 Å². The molecule has 10 heteroatoms. The fraction of sp³-hybridized carbons (Fsp3) is 0.500. The normalized spacial score (nSPS) is 23.4. The molecule has 2 aliphatic heterocycles. The Morgan fingerprint density at radius 3 is 2.77 bits per heavy atom. The minimum atomic E-state index is -4.45. The molecule has 1 fully saturated rings. The van der Waals surface area contributed by atoms with Crippen molar-refractivity contribution < 1.29 is 22.7 Å². The molecule has 0 spiro atoms. The molecule has 0 saturated carbocycles. The lowest BCUT2D eigenvalue weighted by Crippen LogP contribution is -2.41. The van der Waals surface area contributed by atoms with Gasteiger partial charge >= 0.3 is 6.18 Å². The maximum Gasteiger partial charge on any atom is 0.410 e. The van der Waals surface area contributed by atoms with Crippen LogP contribution >= 0.6 is 11.3 Å². The third-order valence-electron chi connectivity index (χ3n) is 4.65. The third-order valence-corrected chi connectivity index (χ3v) is 5.64.